The smallest absolute Gasteiger partial charge is 0.310 e. The van der Waals surface area contributed by atoms with E-state index >= 15 is 0 Å². The lowest BCUT2D eigenvalue weighted by Gasteiger charge is -2.10. The van der Waals surface area contributed by atoms with Gasteiger partial charge >= 0.3 is 5.97 Å². The number of methoxy groups -OCH3 is 1. The van der Waals surface area contributed by atoms with Gasteiger partial charge in [0.05, 0.1) is 26.3 Å². The number of ketones is 2. The summed E-state index contributed by atoms with van der Waals surface area (Å²) in [5.41, 5.74) is 3.21. The minimum absolute atomic E-state index is 0.102. The third-order valence-corrected chi connectivity index (χ3v) is 5.15. The number of nitrogens with zero attached hydrogens (tertiary/aromatic N) is 1. The average Bonchev–Trinajstić information content (AvgIpc) is 3.35. The Balaban J connectivity index is 1.65. The van der Waals surface area contributed by atoms with Crippen molar-refractivity contribution in [1.29, 1.82) is 0 Å². The summed E-state index contributed by atoms with van der Waals surface area (Å²) in [6, 6.07) is 10.4. The standard InChI is InChI=1S/C24H25NO6/c1-15-10-21(16(2)25(15)13-20-6-5-9-30-20)22(27)14-31-24(28)12-19-11-18(17(3)26)7-8-23(19)29-4/h5-11H,12-14H2,1-4H3. The maximum absolute atomic E-state index is 12.7. The van der Waals surface area contributed by atoms with Gasteiger partial charge in [-0.2, -0.15) is 0 Å². The maximum Gasteiger partial charge on any atom is 0.310 e. The molecule has 3 aromatic rings. The summed E-state index contributed by atoms with van der Waals surface area (Å²) < 4.78 is 17.8. The van der Waals surface area contributed by atoms with Crippen molar-refractivity contribution in [2.45, 2.75) is 33.7 Å². The van der Waals surface area contributed by atoms with Gasteiger partial charge in [-0.3, -0.25) is 14.4 Å². The number of aryl methyl sites for hydroxylation is 1. The highest BCUT2D eigenvalue weighted by atomic mass is 16.5. The van der Waals surface area contributed by atoms with E-state index in [1.165, 1.54) is 14.0 Å². The highest BCUT2D eigenvalue weighted by Crippen LogP contribution is 2.22. The Hall–Kier alpha value is -3.61. The Labute approximate surface area is 180 Å². The summed E-state index contributed by atoms with van der Waals surface area (Å²) in [6.45, 7) is 5.36. The van der Waals surface area contributed by atoms with Crippen LogP contribution >= 0.6 is 0 Å². The molecule has 0 bridgehead atoms. The molecule has 0 aliphatic rings. The maximum atomic E-state index is 12.7. The van der Waals surface area contributed by atoms with Crippen LogP contribution in [0.4, 0.5) is 0 Å². The van der Waals surface area contributed by atoms with Gasteiger partial charge in [-0.05, 0) is 57.2 Å². The first-order chi connectivity index (χ1) is 14.8. The van der Waals surface area contributed by atoms with E-state index in [-0.39, 0.29) is 24.6 Å². The first kappa shape index (κ1) is 22.1. The second-order valence-corrected chi connectivity index (χ2v) is 7.29. The summed E-state index contributed by atoms with van der Waals surface area (Å²) >= 11 is 0. The molecule has 0 aliphatic heterocycles. The fourth-order valence-corrected chi connectivity index (χ4v) is 3.45. The van der Waals surface area contributed by atoms with E-state index in [9.17, 15) is 14.4 Å². The van der Waals surface area contributed by atoms with Crippen LogP contribution in [0.2, 0.25) is 0 Å². The summed E-state index contributed by atoms with van der Waals surface area (Å²) in [5.74, 6) is 0.300. The monoisotopic (exact) mass is 423 g/mol. The molecule has 7 heteroatoms. The molecule has 2 heterocycles. The number of hydrogen-bond donors (Lipinski definition) is 0. The van der Waals surface area contributed by atoms with Crippen molar-refractivity contribution in [3.63, 3.8) is 0 Å². The van der Waals surface area contributed by atoms with Gasteiger partial charge in [-0.15, -0.1) is 0 Å². The van der Waals surface area contributed by atoms with Gasteiger partial charge in [0.25, 0.3) is 0 Å². The molecule has 0 radical (unpaired) electrons. The number of hydrogen-bond acceptors (Lipinski definition) is 6. The molecule has 0 unspecified atom stereocenters. The number of benzene rings is 1. The van der Waals surface area contributed by atoms with E-state index in [1.54, 1.807) is 30.5 Å². The molecule has 0 N–H and O–H groups in total. The molecule has 0 saturated heterocycles. The van der Waals surface area contributed by atoms with E-state index in [4.69, 9.17) is 13.9 Å². The normalized spacial score (nSPS) is 10.7. The Morgan fingerprint density at radius 1 is 1.10 bits per heavy atom. The van der Waals surface area contributed by atoms with Gasteiger partial charge in [0.15, 0.2) is 12.4 Å². The Morgan fingerprint density at radius 3 is 2.52 bits per heavy atom. The summed E-state index contributed by atoms with van der Waals surface area (Å²) in [5, 5.41) is 0. The zero-order valence-corrected chi connectivity index (χ0v) is 18.1. The largest absolute Gasteiger partial charge is 0.496 e. The predicted octanol–water partition coefficient (Wildman–Crippen LogP) is 3.93. The number of carbonyl (C=O) groups excluding carboxylic acids is 3. The molecule has 1 aromatic carbocycles. The molecule has 0 amide bonds. The molecule has 0 saturated carbocycles. The van der Waals surface area contributed by atoms with Crippen LogP contribution < -0.4 is 4.74 Å². The van der Waals surface area contributed by atoms with Gasteiger partial charge in [-0.25, -0.2) is 0 Å². The van der Waals surface area contributed by atoms with Gasteiger partial charge in [0, 0.05) is 28.1 Å². The summed E-state index contributed by atoms with van der Waals surface area (Å²) in [7, 11) is 1.49. The van der Waals surface area contributed by atoms with Gasteiger partial charge in [0.2, 0.25) is 5.78 Å². The first-order valence-corrected chi connectivity index (χ1v) is 9.86. The number of Topliss-reactive ketones (excluding diaryl/α,β-unsaturated/α-hetero) is 2. The number of carbonyl (C=O) groups is 3. The van der Waals surface area contributed by atoms with E-state index < -0.39 is 5.97 Å². The summed E-state index contributed by atoms with van der Waals surface area (Å²) in [4.78, 5) is 36.6. The lowest BCUT2D eigenvalue weighted by atomic mass is 10.0. The van der Waals surface area contributed by atoms with Crippen molar-refractivity contribution < 1.29 is 28.3 Å². The zero-order valence-electron chi connectivity index (χ0n) is 18.1. The molecular weight excluding hydrogens is 398 g/mol. The molecule has 0 fully saturated rings. The fourth-order valence-electron chi connectivity index (χ4n) is 3.45. The molecule has 2 aromatic heterocycles. The average molecular weight is 423 g/mol. The number of ether oxygens (including phenoxy) is 2. The minimum atomic E-state index is -0.572. The molecule has 0 spiro atoms. The third kappa shape index (κ3) is 5.12. The third-order valence-electron chi connectivity index (χ3n) is 5.15. The minimum Gasteiger partial charge on any atom is -0.496 e. The zero-order chi connectivity index (χ0) is 22.5. The Bertz CT molecular complexity index is 1110. The van der Waals surface area contributed by atoms with Crippen LogP contribution in [0.5, 0.6) is 5.75 Å². The van der Waals surface area contributed by atoms with Crippen molar-refractivity contribution in [3.8, 4) is 5.75 Å². The Morgan fingerprint density at radius 2 is 1.87 bits per heavy atom. The van der Waals surface area contributed by atoms with Crippen LogP contribution in [-0.4, -0.2) is 35.8 Å². The fraction of sp³-hybridized carbons (Fsp3) is 0.292. The van der Waals surface area contributed by atoms with Crippen molar-refractivity contribution in [2.24, 2.45) is 0 Å². The van der Waals surface area contributed by atoms with Crippen LogP contribution in [0.1, 0.15) is 50.4 Å². The molecule has 31 heavy (non-hydrogen) atoms. The number of aromatic nitrogens is 1. The first-order valence-electron chi connectivity index (χ1n) is 9.86. The van der Waals surface area contributed by atoms with E-state index in [0.29, 0.717) is 29.0 Å². The second-order valence-electron chi connectivity index (χ2n) is 7.29. The van der Waals surface area contributed by atoms with E-state index in [1.807, 2.05) is 30.5 Å². The summed E-state index contributed by atoms with van der Waals surface area (Å²) in [6.07, 6.45) is 1.51. The topological polar surface area (TPSA) is 87.7 Å². The number of esters is 1. The lowest BCUT2D eigenvalue weighted by molar-refractivity contribution is -0.141. The molecular formula is C24H25NO6. The number of rotatable bonds is 9. The van der Waals surface area contributed by atoms with Crippen molar-refractivity contribution in [2.75, 3.05) is 13.7 Å². The van der Waals surface area contributed by atoms with Crippen molar-refractivity contribution >= 4 is 17.5 Å². The van der Waals surface area contributed by atoms with Crippen molar-refractivity contribution in [3.05, 3.63) is 76.5 Å². The van der Waals surface area contributed by atoms with Gasteiger partial charge in [0.1, 0.15) is 11.5 Å². The van der Waals surface area contributed by atoms with Crippen LogP contribution in [0.15, 0.2) is 47.1 Å². The van der Waals surface area contributed by atoms with Crippen molar-refractivity contribution in [1.82, 2.24) is 4.57 Å². The molecule has 0 aliphatic carbocycles. The van der Waals surface area contributed by atoms with Gasteiger partial charge in [-0.1, -0.05) is 0 Å². The predicted molar refractivity (Wildman–Crippen MR) is 114 cm³/mol. The highest BCUT2D eigenvalue weighted by molar-refractivity contribution is 5.99. The van der Waals surface area contributed by atoms with Crippen LogP contribution in [0.3, 0.4) is 0 Å². The van der Waals surface area contributed by atoms with Crippen LogP contribution in [0, 0.1) is 13.8 Å². The number of furan rings is 1. The quantitative estimate of drug-likeness (QED) is 0.383. The molecule has 162 valence electrons. The SMILES string of the molecule is COc1ccc(C(C)=O)cc1CC(=O)OCC(=O)c1cc(C)n(Cc2ccco2)c1C. The molecule has 3 rings (SSSR count). The van der Waals surface area contributed by atoms with E-state index in [0.717, 1.165) is 17.1 Å². The van der Waals surface area contributed by atoms with Crippen LogP contribution in [0.25, 0.3) is 0 Å². The highest BCUT2D eigenvalue weighted by Gasteiger charge is 2.19. The van der Waals surface area contributed by atoms with Gasteiger partial charge < -0.3 is 18.5 Å². The van der Waals surface area contributed by atoms with E-state index in [2.05, 4.69) is 0 Å². The molecule has 7 nitrogen and oxygen atoms in total. The second kappa shape index (κ2) is 9.47. The van der Waals surface area contributed by atoms with Crippen LogP contribution in [-0.2, 0) is 22.5 Å². The Kier molecular flexibility index (Phi) is 6.74. The molecule has 0 atom stereocenters. The lowest BCUT2D eigenvalue weighted by Crippen LogP contribution is -2.17.